The molecule has 1 heterocycles. The minimum Gasteiger partial charge on any atom is -0.481 e. The van der Waals surface area contributed by atoms with Gasteiger partial charge in [0.2, 0.25) is 0 Å². The van der Waals surface area contributed by atoms with Gasteiger partial charge < -0.3 is 15.3 Å². The summed E-state index contributed by atoms with van der Waals surface area (Å²) in [5.41, 5.74) is 1.24. The molecule has 0 radical (unpaired) electrons. The lowest BCUT2D eigenvalue weighted by molar-refractivity contribution is -0.137. The van der Waals surface area contributed by atoms with E-state index < -0.39 is 23.5 Å². The number of thiophene rings is 1. The summed E-state index contributed by atoms with van der Waals surface area (Å²) in [5, 5.41) is 13.7. The van der Waals surface area contributed by atoms with Gasteiger partial charge in [0.1, 0.15) is 11.6 Å². The lowest BCUT2D eigenvalue weighted by Crippen LogP contribution is -2.35. The van der Waals surface area contributed by atoms with Crippen LogP contribution in [-0.4, -0.2) is 40.9 Å². The van der Waals surface area contributed by atoms with Crippen molar-refractivity contribution >= 4 is 29.1 Å². The van der Waals surface area contributed by atoms with Crippen molar-refractivity contribution in [3.63, 3.8) is 0 Å². The maximum absolute atomic E-state index is 14.1. The van der Waals surface area contributed by atoms with Crippen LogP contribution in [0.15, 0.2) is 84.2 Å². The van der Waals surface area contributed by atoms with Crippen molar-refractivity contribution in [1.29, 1.82) is 0 Å². The number of nitrogens with one attached hydrogen (secondary N) is 1. The summed E-state index contributed by atoms with van der Waals surface area (Å²) in [5.74, 6) is -3.44. The first-order chi connectivity index (χ1) is 18.8. The van der Waals surface area contributed by atoms with E-state index in [4.69, 9.17) is 0 Å². The van der Waals surface area contributed by atoms with Crippen molar-refractivity contribution in [3.05, 3.63) is 117 Å². The molecule has 2 N–H and O–H groups in total. The van der Waals surface area contributed by atoms with Crippen molar-refractivity contribution in [2.45, 2.75) is 19.4 Å². The Hall–Kier alpha value is -4.37. The van der Waals surface area contributed by atoms with Crippen LogP contribution >= 0.6 is 11.3 Å². The van der Waals surface area contributed by atoms with Gasteiger partial charge >= 0.3 is 5.97 Å². The number of rotatable bonds is 11. The summed E-state index contributed by atoms with van der Waals surface area (Å²) < 4.78 is 28.1. The molecule has 3 aromatic carbocycles. The lowest BCUT2D eigenvalue weighted by atomic mass is 9.94. The molecule has 0 aliphatic rings. The van der Waals surface area contributed by atoms with Crippen molar-refractivity contribution in [1.82, 2.24) is 10.2 Å². The molecule has 39 heavy (non-hydrogen) atoms. The second-order valence-electron chi connectivity index (χ2n) is 8.74. The molecule has 0 aliphatic heterocycles. The topological polar surface area (TPSA) is 86.7 Å². The maximum Gasteiger partial charge on any atom is 0.305 e. The van der Waals surface area contributed by atoms with E-state index in [0.717, 1.165) is 17.0 Å². The summed E-state index contributed by atoms with van der Waals surface area (Å²) >= 11 is 1.56. The first-order valence-corrected chi connectivity index (χ1v) is 13.2. The van der Waals surface area contributed by atoms with Gasteiger partial charge in [-0.1, -0.05) is 48.5 Å². The molecule has 0 bridgehead atoms. The van der Waals surface area contributed by atoms with Gasteiger partial charge in [-0.05, 0) is 53.3 Å². The average molecular weight is 549 g/mol. The van der Waals surface area contributed by atoms with Crippen LogP contribution in [0, 0.1) is 11.6 Å². The van der Waals surface area contributed by atoms with Crippen LogP contribution in [0.1, 0.15) is 37.6 Å². The fourth-order valence-electron chi connectivity index (χ4n) is 4.20. The number of hydrogen-bond donors (Lipinski definition) is 2. The highest BCUT2D eigenvalue weighted by Gasteiger charge is 2.23. The molecule has 0 fully saturated rings. The standard InChI is InChI=1S/C30H26F2N2O4S/c31-26-12-5-13-27(32)25(26)19-33-29(37)23-10-3-1-8-21(23)22-9-2-4-11-24(22)30(38)34(17-15-28(35)36)16-14-20-7-6-18-39-20/h1-13,18H,14-17,19H2,(H,33,37)(H,35,36). The molecule has 1 aromatic heterocycles. The molecule has 0 aliphatic carbocycles. The van der Waals surface area contributed by atoms with E-state index >= 15 is 0 Å². The number of hydrogen-bond acceptors (Lipinski definition) is 4. The Morgan fingerprint density at radius 2 is 1.44 bits per heavy atom. The minimum absolute atomic E-state index is 0.0320. The summed E-state index contributed by atoms with van der Waals surface area (Å²) in [6.45, 7) is 0.0133. The normalized spacial score (nSPS) is 10.7. The van der Waals surface area contributed by atoms with E-state index in [9.17, 15) is 28.3 Å². The Bertz CT molecular complexity index is 1450. The number of aliphatic carboxylic acids is 1. The molecule has 9 heteroatoms. The molecule has 6 nitrogen and oxygen atoms in total. The zero-order chi connectivity index (χ0) is 27.8. The first-order valence-electron chi connectivity index (χ1n) is 12.3. The minimum atomic E-state index is -1.01. The summed E-state index contributed by atoms with van der Waals surface area (Å²) in [6, 6.07) is 20.8. The first kappa shape index (κ1) is 27.7. The van der Waals surface area contributed by atoms with Gasteiger partial charge in [0.25, 0.3) is 11.8 Å². The molecule has 0 saturated heterocycles. The number of carboxylic acids is 1. The molecule has 0 saturated carbocycles. The third kappa shape index (κ3) is 6.94. The Balaban J connectivity index is 1.62. The van der Waals surface area contributed by atoms with Crippen LogP contribution < -0.4 is 5.32 Å². The SMILES string of the molecule is O=C(O)CCN(CCc1cccs1)C(=O)c1ccccc1-c1ccccc1C(=O)NCc1c(F)cccc1F. The largest absolute Gasteiger partial charge is 0.481 e. The quantitative estimate of drug-likeness (QED) is 0.249. The van der Waals surface area contributed by atoms with E-state index in [2.05, 4.69) is 5.32 Å². The van der Waals surface area contributed by atoms with E-state index in [1.807, 2.05) is 17.5 Å². The van der Waals surface area contributed by atoms with Crippen LogP contribution in [-0.2, 0) is 17.8 Å². The monoisotopic (exact) mass is 548 g/mol. The number of carbonyl (C=O) groups is 3. The highest BCUT2D eigenvalue weighted by atomic mass is 32.1. The molecule has 4 rings (SSSR count). The number of benzene rings is 3. The number of nitrogens with zero attached hydrogens (tertiary/aromatic N) is 1. The zero-order valence-corrected chi connectivity index (χ0v) is 21.7. The smallest absolute Gasteiger partial charge is 0.305 e. The van der Waals surface area contributed by atoms with Gasteiger partial charge in [-0.2, -0.15) is 0 Å². The number of amides is 2. The zero-order valence-electron chi connectivity index (χ0n) is 20.9. The van der Waals surface area contributed by atoms with E-state index in [0.29, 0.717) is 29.7 Å². The van der Waals surface area contributed by atoms with E-state index in [1.165, 1.54) is 11.0 Å². The fourth-order valence-corrected chi connectivity index (χ4v) is 4.90. The van der Waals surface area contributed by atoms with Crippen molar-refractivity contribution in [2.24, 2.45) is 0 Å². The van der Waals surface area contributed by atoms with Gasteiger partial charge in [0, 0.05) is 41.2 Å². The number of carbonyl (C=O) groups excluding carboxylic acids is 2. The van der Waals surface area contributed by atoms with Crippen LogP contribution in [0.25, 0.3) is 11.1 Å². The third-order valence-corrected chi connectivity index (χ3v) is 7.13. The van der Waals surface area contributed by atoms with E-state index in [-0.39, 0.29) is 36.5 Å². The van der Waals surface area contributed by atoms with E-state index in [1.54, 1.807) is 59.9 Å². The molecular formula is C30H26F2N2O4S. The summed E-state index contributed by atoms with van der Waals surface area (Å²) in [7, 11) is 0. The lowest BCUT2D eigenvalue weighted by Gasteiger charge is -2.24. The Labute approximate surface area is 228 Å². The van der Waals surface area contributed by atoms with Crippen molar-refractivity contribution in [3.8, 4) is 11.1 Å². The van der Waals surface area contributed by atoms with Crippen LogP contribution in [0.3, 0.4) is 0 Å². The molecule has 0 atom stereocenters. The maximum atomic E-state index is 14.1. The summed E-state index contributed by atoms with van der Waals surface area (Å²) in [6.07, 6.45) is 0.376. The molecular weight excluding hydrogens is 522 g/mol. The second kappa shape index (κ2) is 12.9. The molecule has 2 amide bonds. The van der Waals surface area contributed by atoms with Gasteiger partial charge in [-0.25, -0.2) is 8.78 Å². The predicted molar refractivity (Wildman–Crippen MR) is 146 cm³/mol. The Kier molecular flexibility index (Phi) is 9.17. The highest BCUT2D eigenvalue weighted by Crippen LogP contribution is 2.29. The highest BCUT2D eigenvalue weighted by molar-refractivity contribution is 7.09. The Morgan fingerprint density at radius 3 is 2.08 bits per heavy atom. The third-order valence-electron chi connectivity index (χ3n) is 6.20. The van der Waals surface area contributed by atoms with Crippen molar-refractivity contribution < 1.29 is 28.3 Å². The Morgan fingerprint density at radius 1 is 0.795 bits per heavy atom. The molecule has 0 spiro atoms. The molecule has 4 aromatic rings. The number of halogens is 2. The molecule has 0 unspecified atom stereocenters. The van der Waals surface area contributed by atoms with Gasteiger partial charge in [-0.3, -0.25) is 14.4 Å². The van der Waals surface area contributed by atoms with Crippen LogP contribution in [0.2, 0.25) is 0 Å². The average Bonchev–Trinajstić information content (AvgIpc) is 3.46. The van der Waals surface area contributed by atoms with Gasteiger partial charge in [0.15, 0.2) is 0 Å². The predicted octanol–water partition coefficient (Wildman–Crippen LogP) is 5.78. The second-order valence-corrected chi connectivity index (χ2v) is 9.77. The summed E-state index contributed by atoms with van der Waals surface area (Å²) in [4.78, 5) is 40.7. The van der Waals surface area contributed by atoms with Gasteiger partial charge in [0.05, 0.1) is 6.42 Å². The van der Waals surface area contributed by atoms with Crippen LogP contribution in [0.4, 0.5) is 8.78 Å². The van der Waals surface area contributed by atoms with Gasteiger partial charge in [-0.15, -0.1) is 11.3 Å². The molecule has 200 valence electrons. The van der Waals surface area contributed by atoms with Crippen LogP contribution in [0.5, 0.6) is 0 Å². The van der Waals surface area contributed by atoms with Crippen molar-refractivity contribution in [2.75, 3.05) is 13.1 Å². The fraction of sp³-hybridized carbons (Fsp3) is 0.167. The number of carboxylic acid groups (broad SMARTS) is 1.